The fourth-order valence-electron chi connectivity index (χ4n) is 2.68. The van der Waals surface area contributed by atoms with Crippen LogP contribution in [-0.2, 0) is 24.8 Å². The fourth-order valence-corrected chi connectivity index (χ4v) is 4.11. The van der Waals surface area contributed by atoms with Crippen LogP contribution in [0, 0.1) is 17.8 Å². The largest absolute Gasteiger partial charge is 0.469 e. The Kier molecular flexibility index (Phi) is 3.44. The number of allylic oxidation sites excluding steroid dienone is 2. The average molecular weight is 244 g/mol. The van der Waals surface area contributed by atoms with Gasteiger partial charge in [0.2, 0.25) is 0 Å². The summed E-state index contributed by atoms with van der Waals surface area (Å²) in [7, 11) is 1.37. The van der Waals surface area contributed by atoms with Gasteiger partial charge in [0, 0.05) is 0 Å². The lowest BCUT2D eigenvalue weighted by Crippen LogP contribution is -2.36. The standard InChI is InChI=1S/C11H16O4S/c1-3-15-16(13)10-8-5-4-7(6-8)9(10)11(12)14-2/h4-5,7-10H,3,6H2,1-2H3/t7-,8+,9-,10+,16?/m0/s1. The number of carbonyl (C=O) groups excluding carboxylic acids is 1. The molecule has 0 radical (unpaired) electrons. The summed E-state index contributed by atoms with van der Waals surface area (Å²) in [5, 5.41) is -0.234. The number of hydrogen-bond donors (Lipinski definition) is 0. The SMILES string of the molecule is CCOS(=O)[C@H]1[C@@H](C(=O)OC)[C@H]2C=C[C@@H]1C2. The van der Waals surface area contributed by atoms with Crippen molar-refractivity contribution in [2.45, 2.75) is 18.6 Å². The van der Waals surface area contributed by atoms with Crippen molar-refractivity contribution in [3.05, 3.63) is 12.2 Å². The molecule has 0 aromatic rings. The summed E-state index contributed by atoms with van der Waals surface area (Å²) < 4.78 is 21.8. The van der Waals surface area contributed by atoms with Gasteiger partial charge in [-0.1, -0.05) is 12.2 Å². The third-order valence-corrected chi connectivity index (χ3v) is 4.87. The van der Waals surface area contributed by atoms with Crippen LogP contribution < -0.4 is 0 Å². The molecule has 4 nitrogen and oxygen atoms in total. The Morgan fingerprint density at radius 1 is 1.44 bits per heavy atom. The maximum absolute atomic E-state index is 11.9. The number of fused-ring (bicyclic) bond motifs is 2. The molecule has 2 rings (SSSR count). The van der Waals surface area contributed by atoms with Crippen molar-refractivity contribution in [1.29, 1.82) is 0 Å². The Bertz CT molecular complexity index is 339. The van der Waals surface area contributed by atoms with Gasteiger partial charge >= 0.3 is 5.97 Å². The average Bonchev–Trinajstić information content (AvgIpc) is 2.87. The number of carbonyl (C=O) groups is 1. The number of hydrogen-bond acceptors (Lipinski definition) is 4. The first-order chi connectivity index (χ1) is 7.69. The van der Waals surface area contributed by atoms with Gasteiger partial charge in [-0.3, -0.25) is 8.98 Å². The summed E-state index contributed by atoms with van der Waals surface area (Å²) >= 11 is -1.40. The van der Waals surface area contributed by atoms with Crippen LogP contribution in [0.1, 0.15) is 13.3 Å². The Hall–Kier alpha value is -0.680. The molecule has 2 aliphatic rings. The molecule has 5 heteroatoms. The molecule has 0 amide bonds. The van der Waals surface area contributed by atoms with E-state index in [-0.39, 0.29) is 29.0 Å². The molecular weight excluding hydrogens is 228 g/mol. The number of esters is 1. The second-order valence-corrected chi connectivity index (χ2v) is 5.43. The van der Waals surface area contributed by atoms with Crippen molar-refractivity contribution in [3.8, 4) is 0 Å². The molecule has 2 aliphatic carbocycles. The zero-order valence-electron chi connectivity index (χ0n) is 9.42. The minimum Gasteiger partial charge on any atom is -0.469 e. The molecule has 0 aliphatic heterocycles. The lowest BCUT2D eigenvalue weighted by atomic mass is 9.93. The highest BCUT2D eigenvalue weighted by Crippen LogP contribution is 2.46. The summed E-state index contributed by atoms with van der Waals surface area (Å²) in [6.07, 6.45) is 4.97. The Labute approximate surface area is 97.7 Å². The van der Waals surface area contributed by atoms with Crippen molar-refractivity contribution in [1.82, 2.24) is 0 Å². The molecule has 0 aromatic heterocycles. The predicted octanol–water partition coefficient (Wildman–Crippen LogP) is 1.05. The zero-order valence-corrected chi connectivity index (χ0v) is 10.2. The highest BCUT2D eigenvalue weighted by Gasteiger charge is 2.52. The number of methoxy groups -OCH3 is 1. The van der Waals surface area contributed by atoms with Crippen molar-refractivity contribution in [2.24, 2.45) is 17.8 Å². The molecule has 2 bridgehead atoms. The Morgan fingerprint density at radius 2 is 2.12 bits per heavy atom. The summed E-state index contributed by atoms with van der Waals surface area (Å²) in [4.78, 5) is 11.7. The summed E-state index contributed by atoms with van der Waals surface area (Å²) in [5.41, 5.74) is 0. The Balaban J connectivity index is 2.18. The molecule has 5 atom stereocenters. The second-order valence-electron chi connectivity index (χ2n) is 4.13. The van der Waals surface area contributed by atoms with Crippen molar-refractivity contribution in [3.63, 3.8) is 0 Å². The van der Waals surface area contributed by atoms with Crippen molar-refractivity contribution >= 4 is 17.0 Å². The smallest absolute Gasteiger partial charge is 0.310 e. The van der Waals surface area contributed by atoms with Gasteiger partial charge in [0.25, 0.3) is 0 Å². The summed E-state index contributed by atoms with van der Waals surface area (Å²) in [6, 6.07) is 0. The molecule has 0 saturated heterocycles. The van der Waals surface area contributed by atoms with Crippen LogP contribution in [0.2, 0.25) is 0 Å². The molecule has 0 heterocycles. The quantitative estimate of drug-likeness (QED) is 0.548. The van der Waals surface area contributed by atoms with Crippen LogP contribution >= 0.6 is 0 Å². The molecule has 1 fully saturated rings. The lowest BCUT2D eigenvalue weighted by Gasteiger charge is -2.24. The molecule has 0 aromatic carbocycles. The van der Waals surface area contributed by atoms with Gasteiger partial charge in [0.1, 0.15) is 0 Å². The molecule has 1 unspecified atom stereocenters. The highest BCUT2D eigenvalue weighted by molar-refractivity contribution is 7.81. The van der Waals surface area contributed by atoms with E-state index in [1.54, 1.807) is 6.92 Å². The van der Waals surface area contributed by atoms with E-state index >= 15 is 0 Å². The third-order valence-electron chi connectivity index (χ3n) is 3.32. The van der Waals surface area contributed by atoms with E-state index in [9.17, 15) is 9.00 Å². The van der Waals surface area contributed by atoms with Gasteiger partial charge in [-0.05, 0) is 25.2 Å². The van der Waals surface area contributed by atoms with Crippen LogP contribution in [0.5, 0.6) is 0 Å². The van der Waals surface area contributed by atoms with Crippen LogP contribution in [0.15, 0.2) is 12.2 Å². The van der Waals surface area contributed by atoms with Gasteiger partial charge in [-0.2, -0.15) is 0 Å². The zero-order chi connectivity index (χ0) is 11.7. The van der Waals surface area contributed by atoms with Crippen LogP contribution in [0.25, 0.3) is 0 Å². The van der Waals surface area contributed by atoms with E-state index < -0.39 is 11.1 Å². The Morgan fingerprint density at radius 3 is 2.75 bits per heavy atom. The van der Waals surface area contributed by atoms with Crippen molar-refractivity contribution in [2.75, 3.05) is 13.7 Å². The molecule has 0 N–H and O–H groups in total. The first-order valence-electron chi connectivity index (χ1n) is 5.49. The van der Waals surface area contributed by atoms with Crippen LogP contribution in [-0.4, -0.2) is 29.1 Å². The molecule has 16 heavy (non-hydrogen) atoms. The monoisotopic (exact) mass is 244 g/mol. The molecule has 0 spiro atoms. The highest BCUT2D eigenvalue weighted by atomic mass is 32.2. The van der Waals surface area contributed by atoms with E-state index in [4.69, 9.17) is 8.92 Å². The van der Waals surface area contributed by atoms with Gasteiger partial charge in [0.15, 0.2) is 11.1 Å². The van der Waals surface area contributed by atoms with E-state index in [1.165, 1.54) is 7.11 Å². The second kappa shape index (κ2) is 4.67. The van der Waals surface area contributed by atoms with Gasteiger partial charge in [0.05, 0.1) is 24.9 Å². The van der Waals surface area contributed by atoms with Crippen LogP contribution in [0.3, 0.4) is 0 Å². The van der Waals surface area contributed by atoms with Crippen LogP contribution in [0.4, 0.5) is 0 Å². The lowest BCUT2D eigenvalue weighted by molar-refractivity contribution is -0.146. The first-order valence-corrected chi connectivity index (χ1v) is 6.62. The van der Waals surface area contributed by atoms with Gasteiger partial charge < -0.3 is 4.74 Å². The molecule has 90 valence electrons. The minimum absolute atomic E-state index is 0.173. The molecular formula is C11H16O4S. The van der Waals surface area contributed by atoms with E-state index in [0.29, 0.717) is 6.61 Å². The number of ether oxygens (including phenoxy) is 1. The first kappa shape index (κ1) is 11.8. The summed E-state index contributed by atoms with van der Waals surface area (Å²) in [5.74, 6) is -0.198. The topological polar surface area (TPSA) is 52.6 Å². The summed E-state index contributed by atoms with van der Waals surface area (Å²) in [6.45, 7) is 2.20. The van der Waals surface area contributed by atoms with E-state index in [2.05, 4.69) is 0 Å². The maximum atomic E-state index is 11.9. The van der Waals surface area contributed by atoms with E-state index in [0.717, 1.165) is 6.42 Å². The number of rotatable bonds is 4. The maximum Gasteiger partial charge on any atom is 0.310 e. The minimum atomic E-state index is -1.40. The molecule has 1 saturated carbocycles. The predicted molar refractivity (Wildman–Crippen MR) is 59.8 cm³/mol. The van der Waals surface area contributed by atoms with Gasteiger partial charge in [-0.25, -0.2) is 4.21 Å². The fraction of sp³-hybridized carbons (Fsp3) is 0.727. The van der Waals surface area contributed by atoms with E-state index in [1.807, 2.05) is 12.2 Å². The van der Waals surface area contributed by atoms with Crippen molar-refractivity contribution < 1.29 is 17.9 Å². The third kappa shape index (κ3) is 1.82. The van der Waals surface area contributed by atoms with Gasteiger partial charge in [-0.15, -0.1) is 0 Å². The normalized spacial score (nSPS) is 37.6.